The summed E-state index contributed by atoms with van der Waals surface area (Å²) in [5, 5.41) is 9.27. The Kier molecular flexibility index (Phi) is 6.33. The van der Waals surface area contributed by atoms with Crippen LogP contribution in [0.15, 0.2) is 42.1 Å². The highest BCUT2D eigenvalue weighted by Crippen LogP contribution is 2.36. The van der Waals surface area contributed by atoms with Crippen molar-refractivity contribution < 1.29 is 9.18 Å². The maximum absolute atomic E-state index is 13.3. The predicted octanol–water partition coefficient (Wildman–Crippen LogP) is 4.54. The van der Waals surface area contributed by atoms with Gasteiger partial charge >= 0.3 is 0 Å². The summed E-state index contributed by atoms with van der Waals surface area (Å²) >= 11 is 1.42. The SMILES string of the molecule is C=CCn1c(SCC(=O)N2CCC[C@@H]3CCCC[C@@H]32)nnc1-c1ccc(F)cc1. The van der Waals surface area contributed by atoms with Crippen LogP contribution in [0.4, 0.5) is 4.39 Å². The van der Waals surface area contributed by atoms with Crippen LogP contribution in [0.1, 0.15) is 38.5 Å². The van der Waals surface area contributed by atoms with E-state index >= 15 is 0 Å². The number of fused-ring (bicyclic) bond motifs is 1. The molecule has 154 valence electrons. The second-order valence-corrected chi connectivity index (χ2v) is 8.78. The van der Waals surface area contributed by atoms with Gasteiger partial charge in [-0.05, 0) is 55.9 Å². The molecule has 2 aromatic rings. The van der Waals surface area contributed by atoms with Gasteiger partial charge in [-0.1, -0.05) is 30.7 Å². The van der Waals surface area contributed by atoms with Gasteiger partial charge < -0.3 is 4.90 Å². The smallest absolute Gasteiger partial charge is 0.233 e. The minimum absolute atomic E-state index is 0.197. The fourth-order valence-electron chi connectivity index (χ4n) is 4.65. The number of halogens is 1. The summed E-state index contributed by atoms with van der Waals surface area (Å²) < 4.78 is 15.2. The Morgan fingerprint density at radius 3 is 2.72 bits per heavy atom. The van der Waals surface area contributed by atoms with Crippen LogP contribution in [0.5, 0.6) is 0 Å². The molecule has 1 saturated heterocycles. The van der Waals surface area contributed by atoms with Crippen molar-refractivity contribution in [1.29, 1.82) is 0 Å². The molecule has 2 fully saturated rings. The quantitative estimate of drug-likeness (QED) is 0.514. The molecule has 5 nitrogen and oxygen atoms in total. The van der Waals surface area contributed by atoms with E-state index < -0.39 is 0 Å². The third-order valence-corrected chi connectivity index (χ3v) is 6.97. The fourth-order valence-corrected chi connectivity index (χ4v) is 5.48. The van der Waals surface area contributed by atoms with Gasteiger partial charge in [-0.15, -0.1) is 16.8 Å². The zero-order valence-electron chi connectivity index (χ0n) is 16.6. The first-order valence-electron chi connectivity index (χ1n) is 10.4. The van der Waals surface area contributed by atoms with Gasteiger partial charge in [0.05, 0.1) is 5.75 Å². The van der Waals surface area contributed by atoms with Gasteiger partial charge in [0, 0.05) is 24.7 Å². The van der Waals surface area contributed by atoms with Crippen molar-refractivity contribution in [1.82, 2.24) is 19.7 Å². The van der Waals surface area contributed by atoms with Crippen molar-refractivity contribution >= 4 is 17.7 Å². The van der Waals surface area contributed by atoms with E-state index in [2.05, 4.69) is 21.7 Å². The Labute approximate surface area is 175 Å². The summed E-state index contributed by atoms with van der Waals surface area (Å²) in [5.74, 6) is 1.61. The van der Waals surface area contributed by atoms with Gasteiger partial charge in [-0.25, -0.2) is 4.39 Å². The van der Waals surface area contributed by atoms with Crippen molar-refractivity contribution in [3.05, 3.63) is 42.7 Å². The number of amides is 1. The lowest BCUT2D eigenvalue weighted by atomic mass is 9.78. The van der Waals surface area contributed by atoms with Crippen molar-refractivity contribution in [2.45, 2.75) is 56.3 Å². The van der Waals surface area contributed by atoms with Gasteiger partial charge in [-0.3, -0.25) is 9.36 Å². The van der Waals surface area contributed by atoms with Crippen LogP contribution in [-0.4, -0.2) is 43.9 Å². The summed E-state index contributed by atoms with van der Waals surface area (Å²) in [5.41, 5.74) is 0.792. The molecule has 2 atom stereocenters. The van der Waals surface area contributed by atoms with Crippen molar-refractivity contribution in [2.24, 2.45) is 5.92 Å². The number of nitrogens with zero attached hydrogens (tertiary/aromatic N) is 4. The van der Waals surface area contributed by atoms with E-state index in [-0.39, 0.29) is 11.7 Å². The van der Waals surface area contributed by atoms with Gasteiger partial charge in [0.2, 0.25) is 5.91 Å². The zero-order chi connectivity index (χ0) is 20.2. The molecule has 1 aromatic carbocycles. The number of allylic oxidation sites excluding steroid dienone is 1. The monoisotopic (exact) mass is 414 g/mol. The van der Waals surface area contributed by atoms with E-state index in [1.54, 1.807) is 18.2 Å². The zero-order valence-corrected chi connectivity index (χ0v) is 17.4. The first kappa shape index (κ1) is 20.1. The first-order valence-corrected chi connectivity index (χ1v) is 11.4. The van der Waals surface area contributed by atoms with Crippen LogP contribution < -0.4 is 0 Å². The third kappa shape index (κ3) is 4.39. The number of benzene rings is 1. The second-order valence-electron chi connectivity index (χ2n) is 7.84. The van der Waals surface area contributed by atoms with Gasteiger partial charge in [0.15, 0.2) is 11.0 Å². The molecule has 7 heteroatoms. The molecular weight excluding hydrogens is 387 g/mol. The van der Waals surface area contributed by atoms with Crippen molar-refractivity contribution in [2.75, 3.05) is 12.3 Å². The van der Waals surface area contributed by atoms with Crippen molar-refractivity contribution in [3.8, 4) is 11.4 Å². The Morgan fingerprint density at radius 1 is 1.17 bits per heavy atom. The van der Waals surface area contributed by atoms with Gasteiger partial charge in [-0.2, -0.15) is 0 Å². The molecule has 1 amide bonds. The van der Waals surface area contributed by atoms with Gasteiger partial charge in [0.1, 0.15) is 5.82 Å². The fraction of sp³-hybridized carbons (Fsp3) is 0.500. The highest BCUT2D eigenvalue weighted by Gasteiger charge is 2.35. The number of carbonyl (C=O) groups excluding carboxylic acids is 1. The van der Waals surface area contributed by atoms with Crippen LogP contribution in [0.2, 0.25) is 0 Å². The number of carbonyl (C=O) groups is 1. The van der Waals surface area contributed by atoms with Crippen LogP contribution in [0.3, 0.4) is 0 Å². The molecule has 0 spiro atoms. The molecule has 0 radical (unpaired) electrons. The average Bonchev–Trinajstić information content (AvgIpc) is 3.15. The Morgan fingerprint density at radius 2 is 1.93 bits per heavy atom. The highest BCUT2D eigenvalue weighted by molar-refractivity contribution is 7.99. The van der Waals surface area contributed by atoms with E-state index in [0.717, 1.165) is 24.9 Å². The summed E-state index contributed by atoms with van der Waals surface area (Å²) in [4.78, 5) is 15.1. The largest absolute Gasteiger partial charge is 0.339 e. The molecule has 0 bridgehead atoms. The highest BCUT2D eigenvalue weighted by atomic mass is 32.2. The normalized spacial score (nSPS) is 21.6. The average molecular weight is 415 g/mol. The predicted molar refractivity (Wildman–Crippen MR) is 113 cm³/mol. The molecule has 0 unspecified atom stereocenters. The second kappa shape index (κ2) is 9.11. The van der Waals surface area contributed by atoms with E-state index in [1.807, 2.05) is 4.57 Å². The summed E-state index contributed by atoms with van der Waals surface area (Å²) in [6.45, 7) is 5.23. The number of piperidine rings is 1. The van der Waals surface area contributed by atoms with Crippen LogP contribution in [0.25, 0.3) is 11.4 Å². The first-order chi connectivity index (χ1) is 14.2. The molecule has 1 aliphatic heterocycles. The van der Waals surface area contributed by atoms with E-state index in [0.29, 0.717) is 35.2 Å². The number of hydrogen-bond donors (Lipinski definition) is 0. The maximum atomic E-state index is 13.3. The third-order valence-electron chi connectivity index (χ3n) is 6.02. The number of thioether (sulfide) groups is 1. The van der Waals surface area contributed by atoms with E-state index in [4.69, 9.17) is 0 Å². The summed E-state index contributed by atoms with van der Waals surface area (Å²) in [6, 6.07) is 6.63. The minimum atomic E-state index is -0.286. The molecular formula is C22H27FN4OS. The lowest BCUT2D eigenvalue weighted by molar-refractivity contribution is -0.134. The van der Waals surface area contributed by atoms with E-state index in [1.165, 1.54) is 49.6 Å². The van der Waals surface area contributed by atoms with Crippen LogP contribution >= 0.6 is 11.8 Å². The molecule has 29 heavy (non-hydrogen) atoms. The lowest BCUT2D eigenvalue weighted by Gasteiger charge is -2.44. The number of hydrogen-bond acceptors (Lipinski definition) is 4. The molecule has 0 N–H and O–H groups in total. The maximum Gasteiger partial charge on any atom is 0.233 e. The molecule has 1 saturated carbocycles. The topological polar surface area (TPSA) is 51.0 Å². The molecule has 2 heterocycles. The lowest BCUT2D eigenvalue weighted by Crippen LogP contribution is -2.50. The number of rotatable bonds is 6. The van der Waals surface area contributed by atoms with Crippen LogP contribution in [0, 0.1) is 11.7 Å². The standard InChI is InChI=1S/C22H27FN4OS/c1-2-13-27-21(17-9-11-18(23)12-10-17)24-25-22(27)29-15-20(28)26-14-5-7-16-6-3-4-8-19(16)26/h2,9-12,16,19H,1,3-8,13-15H2/t16-,19-/m0/s1. The summed E-state index contributed by atoms with van der Waals surface area (Å²) in [6.07, 6.45) is 9.08. The molecule has 1 aromatic heterocycles. The number of likely N-dealkylation sites (tertiary alicyclic amines) is 1. The Hall–Kier alpha value is -2.15. The summed E-state index contributed by atoms with van der Waals surface area (Å²) in [7, 11) is 0. The van der Waals surface area contributed by atoms with Crippen molar-refractivity contribution in [3.63, 3.8) is 0 Å². The molecule has 1 aliphatic carbocycles. The molecule has 4 rings (SSSR count). The minimum Gasteiger partial charge on any atom is -0.339 e. The number of aromatic nitrogens is 3. The Balaban J connectivity index is 1.47. The van der Waals surface area contributed by atoms with E-state index in [9.17, 15) is 9.18 Å². The molecule has 2 aliphatic rings. The van der Waals surface area contributed by atoms with Gasteiger partial charge in [0.25, 0.3) is 0 Å². The Bertz CT molecular complexity index is 864. The van der Waals surface area contributed by atoms with Crippen LogP contribution in [-0.2, 0) is 11.3 Å².